The molecule has 0 aliphatic carbocycles. The van der Waals surface area contributed by atoms with Crippen LogP contribution in [-0.4, -0.2) is 11.7 Å². The number of aryl methyl sites for hydroxylation is 2. The minimum atomic E-state index is -0.103. The van der Waals surface area contributed by atoms with Gasteiger partial charge in [-0.25, -0.2) is 0 Å². The lowest BCUT2D eigenvalue weighted by atomic mass is 9.81. The second-order valence-electron chi connectivity index (χ2n) is 10.5. The lowest BCUT2D eigenvalue weighted by Crippen LogP contribution is -2.16. The van der Waals surface area contributed by atoms with Gasteiger partial charge in [-0.3, -0.25) is 0 Å². The van der Waals surface area contributed by atoms with Gasteiger partial charge in [0.2, 0.25) is 0 Å². The average molecular weight is 397 g/mol. The molecule has 0 fully saturated rings. The van der Waals surface area contributed by atoms with E-state index in [4.69, 9.17) is 4.74 Å². The zero-order valence-electron chi connectivity index (χ0n) is 20.0. The van der Waals surface area contributed by atoms with Crippen molar-refractivity contribution in [2.24, 2.45) is 0 Å². The highest BCUT2D eigenvalue weighted by molar-refractivity contribution is 5.53. The van der Waals surface area contributed by atoms with Crippen LogP contribution in [0.3, 0.4) is 0 Å². The molecule has 0 atom stereocenters. The number of hydrogen-bond acceptors (Lipinski definition) is 2. The van der Waals surface area contributed by atoms with Crippen molar-refractivity contribution in [1.29, 1.82) is 0 Å². The van der Waals surface area contributed by atoms with Crippen LogP contribution >= 0.6 is 0 Å². The van der Waals surface area contributed by atoms with Crippen LogP contribution in [0.15, 0.2) is 24.3 Å². The van der Waals surface area contributed by atoms with E-state index >= 15 is 0 Å². The summed E-state index contributed by atoms with van der Waals surface area (Å²) in [6, 6.07) is 8.68. The second kappa shape index (κ2) is 8.81. The quantitative estimate of drug-likeness (QED) is 0.516. The van der Waals surface area contributed by atoms with Crippen molar-refractivity contribution >= 4 is 0 Å². The molecule has 0 amide bonds. The highest BCUT2D eigenvalue weighted by Crippen LogP contribution is 2.40. The zero-order chi connectivity index (χ0) is 22.0. The third-order valence-electron chi connectivity index (χ3n) is 5.38. The number of hydrogen-bond donors (Lipinski definition) is 1. The maximum atomic E-state index is 11.1. The van der Waals surface area contributed by atoms with Crippen LogP contribution < -0.4 is 4.74 Å². The van der Waals surface area contributed by atoms with Gasteiger partial charge in [0.15, 0.2) is 0 Å². The van der Waals surface area contributed by atoms with E-state index in [9.17, 15) is 5.11 Å². The molecular formula is C27H40O2. The lowest BCUT2D eigenvalue weighted by molar-refractivity contribution is 0.298. The summed E-state index contributed by atoms with van der Waals surface area (Å²) in [6.45, 7) is 20.3. The minimum Gasteiger partial charge on any atom is -0.507 e. The molecule has 2 aromatic carbocycles. The molecule has 0 aliphatic heterocycles. The fourth-order valence-electron chi connectivity index (χ4n) is 3.79. The number of benzene rings is 2. The Morgan fingerprint density at radius 1 is 0.793 bits per heavy atom. The van der Waals surface area contributed by atoms with E-state index in [1.807, 2.05) is 0 Å². The summed E-state index contributed by atoms with van der Waals surface area (Å²) in [6.07, 6.45) is 2.82. The smallest absolute Gasteiger partial charge is 0.126 e. The van der Waals surface area contributed by atoms with Crippen LogP contribution in [0.4, 0.5) is 0 Å². The summed E-state index contributed by atoms with van der Waals surface area (Å²) in [7, 11) is 0. The number of phenolic OH excluding ortho intramolecular Hbond substituents is 1. The molecule has 2 aromatic rings. The van der Waals surface area contributed by atoms with E-state index < -0.39 is 0 Å². The van der Waals surface area contributed by atoms with Crippen molar-refractivity contribution in [2.75, 3.05) is 6.61 Å². The molecule has 0 aliphatic rings. The molecule has 29 heavy (non-hydrogen) atoms. The van der Waals surface area contributed by atoms with Crippen LogP contribution in [0.5, 0.6) is 11.5 Å². The van der Waals surface area contributed by atoms with Gasteiger partial charge in [0.25, 0.3) is 0 Å². The van der Waals surface area contributed by atoms with Gasteiger partial charge in [0.05, 0.1) is 6.61 Å². The Balaban J connectivity index is 2.60. The summed E-state index contributed by atoms with van der Waals surface area (Å²) in [5.41, 5.74) is 6.68. The molecule has 2 nitrogen and oxygen atoms in total. The van der Waals surface area contributed by atoms with Crippen molar-refractivity contribution in [3.8, 4) is 11.5 Å². The van der Waals surface area contributed by atoms with E-state index in [-0.39, 0.29) is 10.8 Å². The molecule has 160 valence electrons. The fraction of sp³-hybridized carbons (Fsp3) is 0.556. The molecule has 0 radical (unpaired) electrons. The van der Waals surface area contributed by atoms with Gasteiger partial charge in [-0.05, 0) is 47.8 Å². The predicted molar refractivity (Wildman–Crippen MR) is 125 cm³/mol. The van der Waals surface area contributed by atoms with Gasteiger partial charge in [-0.15, -0.1) is 0 Å². The van der Waals surface area contributed by atoms with E-state index in [2.05, 4.69) is 86.6 Å². The van der Waals surface area contributed by atoms with Crippen molar-refractivity contribution in [2.45, 2.75) is 92.4 Å². The molecule has 0 saturated heterocycles. The van der Waals surface area contributed by atoms with Crippen molar-refractivity contribution in [3.63, 3.8) is 0 Å². The lowest BCUT2D eigenvalue weighted by Gasteiger charge is -2.27. The first-order valence-corrected chi connectivity index (χ1v) is 10.9. The number of ether oxygens (including phenoxy) is 1. The Bertz CT molecular complexity index is 848. The fourth-order valence-corrected chi connectivity index (χ4v) is 3.79. The molecule has 0 unspecified atom stereocenters. The molecule has 0 aromatic heterocycles. The highest BCUT2D eigenvalue weighted by atomic mass is 16.5. The van der Waals surface area contributed by atoms with Gasteiger partial charge in [0.1, 0.15) is 11.5 Å². The van der Waals surface area contributed by atoms with Gasteiger partial charge in [0, 0.05) is 12.0 Å². The number of aromatic hydroxyl groups is 1. The van der Waals surface area contributed by atoms with Crippen molar-refractivity contribution in [1.82, 2.24) is 0 Å². The van der Waals surface area contributed by atoms with Crippen molar-refractivity contribution in [3.05, 3.63) is 57.6 Å². The first-order chi connectivity index (χ1) is 13.3. The summed E-state index contributed by atoms with van der Waals surface area (Å²) in [5, 5.41) is 11.1. The van der Waals surface area contributed by atoms with E-state index in [0.717, 1.165) is 41.9 Å². The first kappa shape index (κ1) is 23.3. The molecule has 0 bridgehead atoms. The zero-order valence-corrected chi connectivity index (χ0v) is 20.0. The van der Waals surface area contributed by atoms with Gasteiger partial charge >= 0.3 is 0 Å². The number of phenols is 1. The van der Waals surface area contributed by atoms with Crippen LogP contribution in [0, 0.1) is 13.8 Å². The topological polar surface area (TPSA) is 29.5 Å². The first-order valence-electron chi connectivity index (χ1n) is 10.9. The number of unbranched alkanes of at least 4 members (excludes halogenated alkanes) is 1. The predicted octanol–water partition coefficient (Wildman–Crippen LogP) is 7.37. The van der Waals surface area contributed by atoms with Gasteiger partial charge < -0.3 is 9.84 Å². The Labute approximate surface area is 178 Å². The van der Waals surface area contributed by atoms with Crippen LogP contribution in [0.1, 0.15) is 94.7 Å². The molecule has 2 rings (SSSR count). The Hall–Kier alpha value is -1.96. The van der Waals surface area contributed by atoms with Crippen LogP contribution in [-0.2, 0) is 17.3 Å². The Morgan fingerprint density at radius 3 is 1.83 bits per heavy atom. The summed E-state index contributed by atoms with van der Waals surface area (Å²) < 4.78 is 6.35. The Morgan fingerprint density at radius 2 is 1.31 bits per heavy atom. The highest BCUT2D eigenvalue weighted by Gasteiger charge is 2.25. The monoisotopic (exact) mass is 396 g/mol. The van der Waals surface area contributed by atoms with Crippen LogP contribution in [0.2, 0.25) is 0 Å². The van der Waals surface area contributed by atoms with E-state index in [0.29, 0.717) is 12.2 Å². The molecule has 2 heteroatoms. The van der Waals surface area contributed by atoms with E-state index in [1.54, 1.807) is 0 Å². The maximum absolute atomic E-state index is 11.1. The van der Waals surface area contributed by atoms with Gasteiger partial charge in [-0.1, -0.05) is 90.3 Å². The second-order valence-corrected chi connectivity index (χ2v) is 10.5. The Kier molecular flexibility index (Phi) is 7.09. The largest absolute Gasteiger partial charge is 0.507 e. The summed E-state index contributed by atoms with van der Waals surface area (Å²) in [4.78, 5) is 0. The van der Waals surface area contributed by atoms with Crippen molar-refractivity contribution < 1.29 is 9.84 Å². The van der Waals surface area contributed by atoms with E-state index in [1.165, 1.54) is 16.7 Å². The molecule has 1 N–H and O–H groups in total. The SMILES string of the molecule is CCCCOc1c(Cc2cc(C)cc(C(C)(C)C)c2O)cc(C)cc1C(C)(C)C. The summed E-state index contributed by atoms with van der Waals surface area (Å²) >= 11 is 0. The maximum Gasteiger partial charge on any atom is 0.126 e. The molecule has 0 saturated carbocycles. The normalized spacial score (nSPS) is 12.3. The average Bonchev–Trinajstić information content (AvgIpc) is 2.57. The standard InChI is InChI=1S/C27H40O2/c1-10-11-12-29-25-21(14-19(3)16-23(25)27(7,8)9)17-20-13-18(2)15-22(24(20)28)26(4,5)6/h13-16,28H,10-12,17H2,1-9H3. The minimum absolute atomic E-state index is 0.00641. The third kappa shape index (κ3) is 5.78. The summed E-state index contributed by atoms with van der Waals surface area (Å²) in [5.74, 6) is 1.41. The number of rotatable bonds is 6. The third-order valence-corrected chi connectivity index (χ3v) is 5.38. The molecule has 0 spiro atoms. The van der Waals surface area contributed by atoms with Crippen LogP contribution in [0.25, 0.3) is 0 Å². The molecule has 0 heterocycles. The van der Waals surface area contributed by atoms with Gasteiger partial charge in [-0.2, -0.15) is 0 Å². The molecular weight excluding hydrogens is 356 g/mol.